The van der Waals surface area contributed by atoms with Crippen LogP contribution in [-0.4, -0.2) is 21.5 Å². The fraction of sp³-hybridized carbons (Fsp3) is 0.308. The number of rotatable bonds is 1. The summed E-state index contributed by atoms with van der Waals surface area (Å²) in [6.07, 6.45) is 2.25. The average Bonchev–Trinajstić information content (AvgIpc) is 2.69. The topological polar surface area (TPSA) is 61.2 Å². The molecule has 0 bridgehead atoms. The molecule has 18 heavy (non-hydrogen) atoms. The Kier molecular flexibility index (Phi) is 2.40. The van der Waals surface area contributed by atoms with Crippen LogP contribution in [0.15, 0.2) is 24.5 Å². The predicted octanol–water partition coefficient (Wildman–Crippen LogP) is 1.52. The van der Waals surface area contributed by atoms with Gasteiger partial charge in [0.1, 0.15) is 0 Å². The van der Waals surface area contributed by atoms with E-state index in [0.717, 1.165) is 16.6 Å². The van der Waals surface area contributed by atoms with Crippen molar-refractivity contribution >= 4 is 23.0 Å². The van der Waals surface area contributed by atoms with Gasteiger partial charge < -0.3 is 9.30 Å². The molecule has 1 aromatic heterocycles. The molecule has 1 aliphatic heterocycles. The van der Waals surface area contributed by atoms with Crippen LogP contribution in [0.2, 0.25) is 0 Å². The lowest BCUT2D eigenvalue weighted by Gasteiger charge is -2.19. The number of ether oxygens (including phenoxy) is 1. The number of hydrogen-bond acceptors (Lipinski definition) is 4. The fourth-order valence-electron chi connectivity index (χ4n) is 2.33. The molecule has 2 aromatic rings. The first kappa shape index (κ1) is 11.0. The minimum atomic E-state index is -0.447. The molecule has 1 fully saturated rings. The van der Waals surface area contributed by atoms with Crippen LogP contribution in [0.4, 0.5) is 0 Å². The lowest BCUT2D eigenvalue weighted by molar-refractivity contribution is -0.163. The van der Waals surface area contributed by atoms with Gasteiger partial charge in [-0.05, 0) is 17.7 Å². The van der Waals surface area contributed by atoms with Gasteiger partial charge in [0, 0.05) is 13.0 Å². The van der Waals surface area contributed by atoms with E-state index in [2.05, 4.69) is 9.72 Å². The van der Waals surface area contributed by atoms with Crippen LogP contribution in [0, 0.1) is 0 Å². The van der Waals surface area contributed by atoms with E-state index in [0.29, 0.717) is 0 Å². The van der Waals surface area contributed by atoms with Crippen LogP contribution < -0.4 is 0 Å². The summed E-state index contributed by atoms with van der Waals surface area (Å²) in [6.45, 7) is 0. The number of esters is 2. The fourth-order valence-corrected chi connectivity index (χ4v) is 2.33. The van der Waals surface area contributed by atoms with E-state index < -0.39 is 11.9 Å². The van der Waals surface area contributed by atoms with E-state index in [1.807, 2.05) is 29.8 Å². The standard InChI is InChI=1S/C13H12N2O3/c1-15-7-14-10-4-8(2-3-11(10)15)9-5-12(16)18-13(17)6-9/h2-4,7,9H,5-6H2,1H3. The van der Waals surface area contributed by atoms with E-state index in [4.69, 9.17) is 0 Å². The third-order valence-corrected chi connectivity index (χ3v) is 3.27. The molecule has 3 rings (SSSR count). The highest BCUT2D eigenvalue weighted by Gasteiger charge is 2.28. The summed E-state index contributed by atoms with van der Waals surface area (Å²) < 4.78 is 6.46. The summed E-state index contributed by atoms with van der Waals surface area (Å²) in [7, 11) is 1.93. The van der Waals surface area contributed by atoms with E-state index in [1.54, 1.807) is 6.33 Å². The average molecular weight is 244 g/mol. The molecule has 0 amide bonds. The Hall–Kier alpha value is -2.17. The third kappa shape index (κ3) is 1.77. The minimum absolute atomic E-state index is 0.0924. The molecule has 0 radical (unpaired) electrons. The van der Waals surface area contributed by atoms with Crippen LogP contribution >= 0.6 is 0 Å². The largest absolute Gasteiger partial charge is 0.393 e. The van der Waals surface area contributed by atoms with Crippen molar-refractivity contribution in [3.8, 4) is 0 Å². The molecule has 0 spiro atoms. The Bertz CT molecular complexity index is 629. The van der Waals surface area contributed by atoms with Gasteiger partial charge in [0.05, 0.1) is 30.2 Å². The minimum Gasteiger partial charge on any atom is -0.393 e. The lowest BCUT2D eigenvalue weighted by Crippen LogP contribution is -2.24. The van der Waals surface area contributed by atoms with Crippen LogP contribution in [0.25, 0.3) is 11.0 Å². The van der Waals surface area contributed by atoms with Crippen molar-refractivity contribution in [2.45, 2.75) is 18.8 Å². The highest BCUT2D eigenvalue weighted by atomic mass is 16.6. The normalized spacial score (nSPS) is 17.2. The molecule has 92 valence electrons. The first-order valence-electron chi connectivity index (χ1n) is 5.78. The molecule has 0 saturated carbocycles. The van der Waals surface area contributed by atoms with Gasteiger partial charge >= 0.3 is 11.9 Å². The summed E-state index contributed by atoms with van der Waals surface area (Å²) in [5.74, 6) is -0.986. The van der Waals surface area contributed by atoms with E-state index >= 15 is 0 Å². The first-order valence-corrected chi connectivity index (χ1v) is 5.78. The molecular formula is C13H12N2O3. The molecule has 1 aliphatic rings. The summed E-state index contributed by atoms with van der Waals surface area (Å²) in [5.41, 5.74) is 2.87. The molecule has 5 heteroatoms. The highest BCUT2D eigenvalue weighted by Crippen LogP contribution is 2.29. The van der Waals surface area contributed by atoms with Crippen LogP contribution in [0.3, 0.4) is 0 Å². The quantitative estimate of drug-likeness (QED) is 0.563. The Morgan fingerprint density at radius 2 is 2.00 bits per heavy atom. The molecule has 0 aliphatic carbocycles. The second kappa shape index (κ2) is 3.94. The van der Waals surface area contributed by atoms with Gasteiger partial charge in [-0.15, -0.1) is 0 Å². The number of nitrogens with zero attached hydrogens (tertiary/aromatic N) is 2. The highest BCUT2D eigenvalue weighted by molar-refractivity contribution is 5.89. The first-order chi connectivity index (χ1) is 8.63. The molecular weight excluding hydrogens is 232 g/mol. The Labute approximate surface area is 103 Å². The summed E-state index contributed by atoms with van der Waals surface area (Å²) in [4.78, 5) is 26.8. The zero-order valence-electron chi connectivity index (χ0n) is 9.92. The van der Waals surface area contributed by atoms with Crippen LogP contribution in [0.1, 0.15) is 24.3 Å². The van der Waals surface area contributed by atoms with E-state index in [1.165, 1.54) is 0 Å². The maximum atomic E-state index is 11.3. The second-order valence-electron chi connectivity index (χ2n) is 4.55. The number of carbonyl (C=O) groups excluding carboxylic acids is 2. The lowest BCUT2D eigenvalue weighted by atomic mass is 9.91. The zero-order valence-corrected chi connectivity index (χ0v) is 9.92. The van der Waals surface area contributed by atoms with Gasteiger partial charge in [-0.1, -0.05) is 6.07 Å². The maximum absolute atomic E-state index is 11.3. The molecule has 1 saturated heterocycles. The maximum Gasteiger partial charge on any atom is 0.314 e. The smallest absolute Gasteiger partial charge is 0.314 e. The summed E-state index contributed by atoms with van der Waals surface area (Å²) >= 11 is 0. The van der Waals surface area contributed by atoms with Crippen molar-refractivity contribution in [3.05, 3.63) is 30.1 Å². The molecule has 0 atom stereocenters. The van der Waals surface area contributed by atoms with Crippen molar-refractivity contribution in [3.63, 3.8) is 0 Å². The summed E-state index contributed by atoms with van der Waals surface area (Å²) in [6, 6.07) is 5.84. The van der Waals surface area contributed by atoms with Gasteiger partial charge in [-0.3, -0.25) is 9.59 Å². The number of carbonyl (C=O) groups is 2. The third-order valence-electron chi connectivity index (χ3n) is 3.27. The number of benzene rings is 1. The Morgan fingerprint density at radius 3 is 2.72 bits per heavy atom. The molecule has 5 nitrogen and oxygen atoms in total. The van der Waals surface area contributed by atoms with Crippen molar-refractivity contribution in [1.29, 1.82) is 0 Å². The zero-order chi connectivity index (χ0) is 12.7. The van der Waals surface area contributed by atoms with Crippen molar-refractivity contribution in [2.24, 2.45) is 7.05 Å². The van der Waals surface area contributed by atoms with Gasteiger partial charge in [0.2, 0.25) is 0 Å². The molecule has 1 aromatic carbocycles. The Morgan fingerprint density at radius 1 is 1.28 bits per heavy atom. The SMILES string of the molecule is Cn1cnc2cc(C3CC(=O)OC(=O)C3)ccc21. The van der Waals surface area contributed by atoms with E-state index in [9.17, 15) is 9.59 Å². The van der Waals surface area contributed by atoms with Crippen molar-refractivity contribution < 1.29 is 14.3 Å². The second-order valence-corrected chi connectivity index (χ2v) is 4.55. The molecule has 2 heterocycles. The number of cyclic esters (lactones) is 2. The van der Waals surface area contributed by atoms with E-state index in [-0.39, 0.29) is 18.8 Å². The van der Waals surface area contributed by atoms with Crippen LogP contribution in [-0.2, 0) is 21.4 Å². The van der Waals surface area contributed by atoms with Gasteiger partial charge in [-0.25, -0.2) is 4.98 Å². The molecule has 0 N–H and O–H groups in total. The predicted molar refractivity (Wildman–Crippen MR) is 63.8 cm³/mol. The van der Waals surface area contributed by atoms with Crippen LogP contribution in [0.5, 0.6) is 0 Å². The monoisotopic (exact) mass is 244 g/mol. The molecule has 0 unspecified atom stereocenters. The Balaban J connectivity index is 1.98. The number of fused-ring (bicyclic) bond motifs is 1. The van der Waals surface area contributed by atoms with Gasteiger partial charge in [0.15, 0.2) is 0 Å². The number of hydrogen-bond donors (Lipinski definition) is 0. The van der Waals surface area contributed by atoms with Crippen molar-refractivity contribution in [2.75, 3.05) is 0 Å². The number of aryl methyl sites for hydroxylation is 1. The van der Waals surface area contributed by atoms with Crippen molar-refractivity contribution in [1.82, 2.24) is 9.55 Å². The van der Waals surface area contributed by atoms with Gasteiger partial charge in [-0.2, -0.15) is 0 Å². The number of imidazole rings is 1. The summed E-state index contributed by atoms with van der Waals surface area (Å²) in [5, 5.41) is 0. The van der Waals surface area contributed by atoms with Gasteiger partial charge in [0.25, 0.3) is 0 Å². The number of aromatic nitrogens is 2.